The zero-order valence-electron chi connectivity index (χ0n) is 10.9. The number of nitrogens with two attached hydrogens (primary N) is 1. The summed E-state index contributed by atoms with van der Waals surface area (Å²) in [6.45, 7) is 3.34. The Labute approximate surface area is 104 Å². The summed E-state index contributed by atoms with van der Waals surface area (Å²) >= 11 is 0. The summed E-state index contributed by atoms with van der Waals surface area (Å²) in [6.07, 6.45) is 5.82. The van der Waals surface area contributed by atoms with Crippen LogP contribution in [0.3, 0.4) is 0 Å². The molecule has 0 spiro atoms. The molecule has 0 unspecified atom stereocenters. The molecule has 1 saturated carbocycles. The Morgan fingerprint density at radius 2 is 1.94 bits per heavy atom. The van der Waals surface area contributed by atoms with Gasteiger partial charge in [-0.3, -0.25) is 4.79 Å². The van der Waals surface area contributed by atoms with Gasteiger partial charge in [-0.05, 0) is 38.0 Å². The summed E-state index contributed by atoms with van der Waals surface area (Å²) in [5.41, 5.74) is 5.85. The highest BCUT2D eigenvalue weighted by Gasteiger charge is 2.23. The lowest BCUT2D eigenvalue weighted by atomic mass is 9.84. The number of hydrogen-bond donors (Lipinski definition) is 2. The third-order valence-electron chi connectivity index (χ3n) is 3.57. The van der Waals surface area contributed by atoms with Crippen molar-refractivity contribution in [1.82, 2.24) is 4.90 Å². The molecule has 100 valence electrons. The highest BCUT2D eigenvalue weighted by molar-refractivity contribution is 5.76. The van der Waals surface area contributed by atoms with Crippen molar-refractivity contribution in [2.45, 2.75) is 51.5 Å². The van der Waals surface area contributed by atoms with Crippen molar-refractivity contribution in [2.75, 3.05) is 19.7 Å². The fraction of sp³-hybridized carbons (Fsp3) is 0.923. The second kappa shape index (κ2) is 7.67. The Hall–Kier alpha value is -0.610. The van der Waals surface area contributed by atoms with Crippen LogP contribution in [0, 0.1) is 5.92 Å². The van der Waals surface area contributed by atoms with Crippen LogP contribution in [0.1, 0.15) is 45.4 Å². The molecule has 0 heterocycles. The summed E-state index contributed by atoms with van der Waals surface area (Å²) in [7, 11) is 0. The number of nitrogens with zero attached hydrogens (tertiary/aromatic N) is 1. The smallest absolute Gasteiger partial charge is 0.222 e. The molecule has 0 aromatic carbocycles. The van der Waals surface area contributed by atoms with E-state index in [1.54, 1.807) is 4.90 Å². The van der Waals surface area contributed by atoms with Crippen LogP contribution >= 0.6 is 0 Å². The molecule has 1 amide bonds. The maximum absolute atomic E-state index is 12.1. The SMILES string of the molecule is CCCN(CCO)C(=O)CC1CCC(N)CC1. The Morgan fingerprint density at radius 3 is 2.47 bits per heavy atom. The Balaban J connectivity index is 2.35. The zero-order chi connectivity index (χ0) is 12.7. The third-order valence-corrected chi connectivity index (χ3v) is 3.57. The second-order valence-electron chi connectivity index (χ2n) is 5.09. The Morgan fingerprint density at radius 1 is 1.29 bits per heavy atom. The largest absolute Gasteiger partial charge is 0.395 e. The topological polar surface area (TPSA) is 66.6 Å². The lowest BCUT2D eigenvalue weighted by molar-refractivity contribution is -0.133. The lowest BCUT2D eigenvalue weighted by Gasteiger charge is -2.28. The van der Waals surface area contributed by atoms with Gasteiger partial charge in [0.25, 0.3) is 0 Å². The highest BCUT2D eigenvalue weighted by Crippen LogP contribution is 2.26. The molecule has 17 heavy (non-hydrogen) atoms. The van der Waals surface area contributed by atoms with Gasteiger partial charge in [-0.15, -0.1) is 0 Å². The fourth-order valence-corrected chi connectivity index (χ4v) is 2.52. The lowest BCUT2D eigenvalue weighted by Crippen LogP contribution is -2.36. The van der Waals surface area contributed by atoms with Gasteiger partial charge in [-0.1, -0.05) is 6.92 Å². The molecule has 4 nitrogen and oxygen atoms in total. The zero-order valence-corrected chi connectivity index (χ0v) is 10.9. The minimum Gasteiger partial charge on any atom is -0.395 e. The number of carbonyl (C=O) groups excluding carboxylic acids is 1. The van der Waals surface area contributed by atoms with Crippen molar-refractivity contribution in [1.29, 1.82) is 0 Å². The molecule has 4 heteroatoms. The van der Waals surface area contributed by atoms with E-state index < -0.39 is 0 Å². The quantitative estimate of drug-likeness (QED) is 0.733. The molecular weight excluding hydrogens is 216 g/mol. The summed E-state index contributed by atoms with van der Waals surface area (Å²) in [4.78, 5) is 13.8. The van der Waals surface area contributed by atoms with E-state index in [-0.39, 0.29) is 12.5 Å². The van der Waals surface area contributed by atoms with Crippen LogP contribution < -0.4 is 5.73 Å². The third kappa shape index (κ3) is 5.04. The van der Waals surface area contributed by atoms with E-state index in [2.05, 4.69) is 6.92 Å². The van der Waals surface area contributed by atoms with E-state index in [4.69, 9.17) is 10.8 Å². The van der Waals surface area contributed by atoms with Crippen LogP contribution in [-0.4, -0.2) is 41.7 Å². The molecule has 0 radical (unpaired) electrons. The first-order valence-electron chi connectivity index (χ1n) is 6.81. The number of rotatable bonds is 6. The normalized spacial score (nSPS) is 24.6. The molecule has 3 N–H and O–H groups in total. The van der Waals surface area contributed by atoms with E-state index in [1.807, 2.05) is 0 Å². The van der Waals surface area contributed by atoms with Gasteiger partial charge in [0.1, 0.15) is 0 Å². The van der Waals surface area contributed by atoms with Gasteiger partial charge in [0, 0.05) is 25.6 Å². The van der Waals surface area contributed by atoms with Crippen LogP contribution in [0.15, 0.2) is 0 Å². The monoisotopic (exact) mass is 242 g/mol. The van der Waals surface area contributed by atoms with E-state index in [0.29, 0.717) is 24.9 Å². The number of hydrogen-bond acceptors (Lipinski definition) is 3. The van der Waals surface area contributed by atoms with E-state index in [9.17, 15) is 4.79 Å². The molecule has 0 bridgehead atoms. The first-order chi connectivity index (χ1) is 8.17. The van der Waals surface area contributed by atoms with Crippen molar-refractivity contribution in [2.24, 2.45) is 11.7 Å². The molecule has 1 rings (SSSR count). The van der Waals surface area contributed by atoms with Gasteiger partial charge in [-0.2, -0.15) is 0 Å². The van der Waals surface area contributed by atoms with Gasteiger partial charge < -0.3 is 15.7 Å². The Bertz CT molecular complexity index is 219. The predicted octanol–water partition coefficient (Wildman–Crippen LogP) is 1.12. The van der Waals surface area contributed by atoms with Gasteiger partial charge in [0.2, 0.25) is 5.91 Å². The molecule has 0 aromatic heterocycles. The number of amides is 1. The van der Waals surface area contributed by atoms with Crippen molar-refractivity contribution >= 4 is 5.91 Å². The standard InChI is InChI=1S/C13H26N2O2/c1-2-7-15(8-9-16)13(17)10-11-3-5-12(14)6-4-11/h11-12,16H,2-10,14H2,1H3. The van der Waals surface area contributed by atoms with Crippen LogP contribution in [0.2, 0.25) is 0 Å². The van der Waals surface area contributed by atoms with Crippen molar-refractivity contribution < 1.29 is 9.90 Å². The second-order valence-corrected chi connectivity index (χ2v) is 5.09. The van der Waals surface area contributed by atoms with Gasteiger partial charge in [0.15, 0.2) is 0 Å². The van der Waals surface area contributed by atoms with Crippen LogP contribution in [0.4, 0.5) is 0 Å². The maximum atomic E-state index is 12.1. The molecular formula is C13H26N2O2. The molecule has 0 aromatic rings. The summed E-state index contributed by atoms with van der Waals surface area (Å²) in [6, 6.07) is 0.338. The van der Waals surface area contributed by atoms with Crippen molar-refractivity contribution in [3.05, 3.63) is 0 Å². The van der Waals surface area contributed by atoms with E-state index in [1.165, 1.54) is 0 Å². The molecule has 1 fully saturated rings. The van der Waals surface area contributed by atoms with Gasteiger partial charge in [0.05, 0.1) is 6.61 Å². The first-order valence-corrected chi connectivity index (χ1v) is 6.81. The minimum atomic E-state index is 0.0568. The maximum Gasteiger partial charge on any atom is 0.222 e. The van der Waals surface area contributed by atoms with Gasteiger partial charge >= 0.3 is 0 Å². The Kier molecular flexibility index (Phi) is 6.52. The number of aliphatic hydroxyl groups is 1. The number of carbonyl (C=O) groups is 1. The van der Waals surface area contributed by atoms with Crippen LogP contribution in [-0.2, 0) is 4.79 Å². The summed E-state index contributed by atoms with van der Waals surface area (Å²) in [5.74, 6) is 0.696. The fourth-order valence-electron chi connectivity index (χ4n) is 2.52. The number of aliphatic hydroxyl groups excluding tert-OH is 1. The molecule has 1 aliphatic rings. The molecule has 0 aliphatic heterocycles. The summed E-state index contributed by atoms with van der Waals surface area (Å²) in [5, 5.41) is 8.94. The average molecular weight is 242 g/mol. The van der Waals surface area contributed by atoms with E-state index in [0.717, 1.165) is 38.6 Å². The van der Waals surface area contributed by atoms with Crippen molar-refractivity contribution in [3.8, 4) is 0 Å². The average Bonchev–Trinajstić information content (AvgIpc) is 2.32. The predicted molar refractivity (Wildman–Crippen MR) is 68.5 cm³/mol. The molecule has 0 atom stereocenters. The van der Waals surface area contributed by atoms with Crippen LogP contribution in [0.25, 0.3) is 0 Å². The summed E-state index contributed by atoms with van der Waals surface area (Å²) < 4.78 is 0. The molecule has 1 aliphatic carbocycles. The van der Waals surface area contributed by atoms with Gasteiger partial charge in [-0.25, -0.2) is 0 Å². The van der Waals surface area contributed by atoms with E-state index >= 15 is 0 Å². The van der Waals surface area contributed by atoms with Crippen LogP contribution in [0.5, 0.6) is 0 Å². The minimum absolute atomic E-state index is 0.0568. The van der Waals surface area contributed by atoms with Crippen molar-refractivity contribution in [3.63, 3.8) is 0 Å². The molecule has 0 saturated heterocycles. The first kappa shape index (κ1) is 14.5. The highest BCUT2D eigenvalue weighted by atomic mass is 16.3.